The standard InChI is InChI=1S/C36H47NO10/c1-15-11-10-12-16(2)35(46)37-26-19(5)32(43)24-23(33(26)44)13-17(3)28(39)25(24)29(40)18(4)14-36(9,47)34(45)22(8)31(42)21(7)30(41)20(6)27(15)38/h10-15,20-22,27,30-31,34,38-39,41-42,45,47H,1-9H3,(H,37,46)/t15-,20-,21-,22+,27-,30-,31+,34-,36-/m1/s1. The minimum absolute atomic E-state index is 0.111. The Morgan fingerprint density at radius 1 is 0.745 bits per heavy atom. The van der Waals surface area contributed by atoms with E-state index in [0.717, 1.165) is 6.08 Å². The van der Waals surface area contributed by atoms with E-state index in [2.05, 4.69) is 5.32 Å². The minimum atomic E-state index is -2.12. The van der Waals surface area contributed by atoms with E-state index < -0.39 is 88.3 Å². The maximum absolute atomic E-state index is 13.9. The van der Waals surface area contributed by atoms with Crippen LogP contribution in [0.5, 0.6) is 5.75 Å². The van der Waals surface area contributed by atoms with Gasteiger partial charge in [0.2, 0.25) is 5.78 Å². The summed E-state index contributed by atoms with van der Waals surface area (Å²) in [5.41, 5.74) is -3.46. The van der Waals surface area contributed by atoms with Crippen molar-refractivity contribution in [2.75, 3.05) is 0 Å². The predicted octanol–water partition coefficient (Wildman–Crippen LogP) is 2.85. The summed E-state index contributed by atoms with van der Waals surface area (Å²) in [6, 6.07) is 1.26. The van der Waals surface area contributed by atoms with Crippen LogP contribution in [0.4, 0.5) is 0 Å². The first-order valence-electron chi connectivity index (χ1n) is 15.7. The number of carbonyl (C=O) groups excluding carboxylic acids is 4. The number of aromatic hydroxyl groups is 1. The number of phenolic OH excluding ortho intramolecular Hbond substituents is 1. The second-order valence-electron chi connectivity index (χ2n) is 13.4. The molecule has 11 heteroatoms. The van der Waals surface area contributed by atoms with Crippen molar-refractivity contribution in [1.82, 2.24) is 5.32 Å². The zero-order chi connectivity index (χ0) is 35.9. The minimum Gasteiger partial charge on any atom is -0.507 e. The number of rotatable bonds is 0. The molecule has 0 radical (unpaired) electrons. The van der Waals surface area contributed by atoms with Crippen molar-refractivity contribution in [3.05, 3.63) is 75.0 Å². The van der Waals surface area contributed by atoms with Crippen LogP contribution >= 0.6 is 0 Å². The number of amides is 1. The highest BCUT2D eigenvalue weighted by Gasteiger charge is 2.42. The first-order valence-corrected chi connectivity index (χ1v) is 15.7. The van der Waals surface area contributed by atoms with Crippen LogP contribution in [0.25, 0.3) is 0 Å². The van der Waals surface area contributed by atoms with Crippen LogP contribution in [0.2, 0.25) is 0 Å². The Morgan fingerprint density at radius 2 is 1.30 bits per heavy atom. The molecule has 0 fully saturated rings. The van der Waals surface area contributed by atoms with Crippen molar-refractivity contribution in [2.45, 2.75) is 92.3 Å². The molecule has 4 rings (SSSR count). The fourth-order valence-corrected chi connectivity index (χ4v) is 6.32. The fourth-order valence-electron chi connectivity index (χ4n) is 6.32. The molecule has 2 heterocycles. The summed E-state index contributed by atoms with van der Waals surface area (Å²) in [7, 11) is 0. The highest BCUT2D eigenvalue weighted by molar-refractivity contribution is 6.31. The number of aliphatic hydroxyl groups excluding tert-OH is 4. The Bertz CT molecular complexity index is 1600. The van der Waals surface area contributed by atoms with Gasteiger partial charge in [-0.1, -0.05) is 45.9 Å². The number of phenols is 1. The van der Waals surface area contributed by atoms with Crippen LogP contribution in [0.3, 0.4) is 0 Å². The lowest BCUT2D eigenvalue weighted by atomic mass is 9.76. The number of fused-ring (bicyclic) bond motifs is 15. The van der Waals surface area contributed by atoms with Gasteiger partial charge in [0.25, 0.3) is 5.91 Å². The van der Waals surface area contributed by atoms with Gasteiger partial charge < -0.3 is 36.0 Å². The number of allylic oxidation sites excluding steroid dienone is 5. The highest BCUT2D eigenvalue weighted by atomic mass is 16.3. The summed E-state index contributed by atoms with van der Waals surface area (Å²) < 4.78 is 0. The van der Waals surface area contributed by atoms with Gasteiger partial charge in [0.05, 0.1) is 35.7 Å². The fraction of sp³-hybridized carbons (Fsp3) is 0.500. The van der Waals surface area contributed by atoms with Crippen molar-refractivity contribution in [2.24, 2.45) is 23.7 Å². The number of Topliss-reactive ketones (excluding diaryl/α,β-unsaturated/α-hetero) is 3. The van der Waals surface area contributed by atoms with Crippen molar-refractivity contribution in [3.8, 4) is 5.75 Å². The van der Waals surface area contributed by atoms with Crippen LogP contribution < -0.4 is 5.32 Å². The zero-order valence-corrected chi connectivity index (χ0v) is 28.3. The highest BCUT2D eigenvalue weighted by Crippen LogP contribution is 2.37. The molecular formula is C36H47NO10. The zero-order valence-electron chi connectivity index (χ0n) is 28.3. The quantitative estimate of drug-likeness (QED) is 0.218. The molecule has 2 aliphatic heterocycles. The molecule has 0 aromatic heterocycles. The maximum Gasteiger partial charge on any atom is 0.251 e. The number of hydrogen-bond acceptors (Lipinski definition) is 10. The average Bonchev–Trinajstić information content (AvgIpc) is 3.02. The molecule has 1 amide bonds. The lowest BCUT2D eigenvalue weighted by molar-refractivity contribution is -0.116. The lowest BCUT2D eigenvalue weighted by Gasteiger charge is -2.38. The first kappa shape index (κ1) is 37.7. The number of aliphatic hydroxyl groups is 5. The lowest BCUT2D eigenvalue weighted by Crippen LogP contribution is -2.50. The van der Waals surface area contributed by atoms with Gasteiger partial charge in [-0.05, 0) is 57.9 Å². The summed E-state index contributed by atoms with van der Waals surface area (Å²) in [6.07, 6.45) is 0.374. The van der Waals surface area contributed by atoms with E-state index in [-0.39, 0.29) is 39.1 Å². The number of benzene rings is 1. The smallest absolute Gasteiger partial charge is 0.251 e. The van der Waals surface area contributed by atoms with Gasteiger partial charge >= 0.3 is 0 Å². The third-order valence-electron chi connectivity index (χ3n) is 9.69. The first-order chi connectivity index (χ1) is 21.6. The Balaban J connectivity index is 2.24. The summed E-state index contributed by atoms with van der Waals surface area (Å²) in [5.74, 6) is -6.77. The summed E-state index contributed by atoms with van der Waals surface area (Å²) in [6.45, 7) is 13.1. The molecular weight excluding hydrogens is 606 g/mol. The van der Waals surface area contributed by atoms with Crippen molar-refractivity contribution in [3.63, 3.8) is 0 Å². The van der Waals surface area contributed by atoms with Crippen LogP contribution in [-0.2, 0) is 4.79 Å². The Kier molecular flexibility index (Phi) is 11.4. The average molecular weight is 654 g/mol. The molecule has 0 unspecified atom stereocenters. The van der Waals surface area contributed by atoms with Crippen LogP contribution in [0.15, 0.2) is 52.8 Å². The summed E-state index contributed by atoms with van der Waals surface area (Å²) in [4.78, 5) is 54.3. The summed E-state index contributed by atoms with van der Waals surface area (Å²) >= 11 is 0. The van der Waals surface area contributed by atoms with E-state index in [0.29, 0.717) is 0 Å². The van der Waals surface area contributed by atoms with E-state index in [1.165, 1.54) is 53.7 Å². The number of ketones is 3. The molecule has 0 saturated heterocycles. The number of nitrogens with one attached hydrogen (secondary N) is 1. The number of hydrogen-bond donors (Lipinski definition) is 7. The Hall–Kier alpha value is -3.74. The monoisotopic (exact) mass is 653 g/mol. The van der Waals surface area contributed by atoms with Gasteiger partial charge in [0.1, 0.15) is 11.4 Å². The van der Waals surface area contributed by atoms with Crippen LogP contribution in [0, 0.1) is 30.6 Å². The molecule has 0 saturated carbocycles. The summed E-state index contributed by atoms with van der Waals surface area (Å²) in [5, 5.41) is 69.2. The molecule has 4 bridgehead atoms. The van der Waals surface area contributed by atoms with Crippen molar-refractivity contribution < 1.29 is 49.8 Å². The van der Waals surface area contributed by atoms with E-state index in [1.54, 1.807) is 32.9 Å². The molecule has 1 aliphatic carbocycles. The van der Waals surface area contributed by atoms with E-state index in [9.17, 15) is 49.8 Å². The van der Waals surface area contributed by atoms with Crippen molar-refractivity contribution in [1.29, 1.82) is 0 Å². The van der Waals surface area contributed by atoms with E-state index >= 15 is 0 Å². The molecule has 11 nitrogen and oxygen atoms in total. The normalized spacial score (nSPS) is 33.5. The Morgan fingerprint density at radius 3 is 1.89 bits per heavy atom. The molecule has 0 spiro atoms. The topological polar surface area (TPSA) is 202 Å². The van der Waals surface area contributed by atoms with Gasteiger partial charge in [-0.25, -0.2) is 0 Å². The van der Waals surface area contributed by atoms with E-state index in [1.807, 2.05) is 0 Å². The molecule has 1 aromatic carbocycles. The molecule has 47 heavy (non-hydrogen) atoms. The van der Waals surface area contributed by atoms with Crippen LogP contribution in [0.1, 0.15) is 92.0 Å². The molecule has 1 aromatic rings. The number of aryl methyl sites for hydroxylation is 1. The second kappa shape index (κ2) is 14.2. The van der Waals surface area contributed by atoms with Gasteiger partial charge in [-0.15, -0.1) is 0 Å². The molecule has 7 N–H and O–H groups in total. The van der Waals surface area contributed by atoms with Gasteiger partial charge in [-0.2, -0.15) is 0 Å². The molecule has 9 atom stereocenters. The maximum atomic E-state index is 13.9. The van der Waals surface area contributed by atoms with Gasteiger partial charge in [-0.3, -0.25) is 19.2 Å². The SMILES string of the molecule is CC1=CC=C[C@@H](C)[C@@H](O)[C@@H](C)[C@@H](O)[C@@H](C)[C@H](O)[C@H](C)[C@@H](O)[C@](C)(O)C=C(C)C(=O)c2c(O)c(C)cc3c2C(=O)C(C)=C(NC1=O)C3=O. The van der Waals surface area contributed by atoms with E-state index in [4.69, 9.17) is 0 Å². The molecule has 256 valence electrons. The largest absolute Gasteiger partial charge is 0.507 e. The van der Waals surface area contributed by atoms with Gasteiger partial charge in [0.15, 0.2) is 11.6 Å². The van der Waals surface area contributed by atoms with Crippen LogP contribution in [-0.4, -0.2) is 83.9 Å². The predicted molar refractivity (Wildman–Crippen MR) is 175 cm³/mol. The van der Waals surface area contributed by atoms with Gasteiger partial charge in [0, 0.05) is 45.9 Å². The van der Waals surface area contributed by atoms with Crippen molar-refractivity contribution >= 4 is 23.3 Å². The number of carbonyl (C=O) groups is 4. The third kappa shape index (κ3) is 7.24. The second-order valence-corrected chi connectivity index (χ2v) is 13.4. The molecule has 3 aliphatic rings. The third-order valence-corrected chi connectivity index (χ3v) is 9.69. The Labute approximate surface area is 275 Å².